The number of nitrogens with zero attached hydrogens (tertiary/aromatic N) is 2. The highest BCUT2D eigenvalue weighted by Crippen LogP contribution is 2.40. The minimum Gasteiger partial charge on any atom is -0.271 e. The summed E-state index contributed by atoms with van der Waals surface area (Å²) in [4.78, 5) is 8.14. The molecule has 2 rings (SSSR count). The molecule has 94 valence electrons. The van der Waals surface area contributed by atoms with Gasteiger partial charge in [-0.2, -0.15) is 0 Å². The van der Waals surface area contributed by atoms with Crippen molar-refractivity contribution >= 4 is 0 Å². The van der Waals surface area contributed by atoms with Gasteiger partial charge < -0.3 is 0 Å². The molecule has 1 unspecified atom stereocenters. The highest BCUT2D eigenvalue weighted by atomic mass is 19.3. The van der Waals surface area contributed by atoms with E-state index >= 15 is 0 Å². The molecule has 6 heteroatoms. The number of nitrogens with one attached hydrogen (secondary N) is 1. The number of hydrogen-bond acceptors (Lipinski definition) is 4. The third-order valence-corrected chi connectivity index (χ3v) is 3.31. The Labute approximate surface area is 98.6 Å². The lowest BCUT2D eigenvalue weighted by molar-refractivity contribution is -0.0499. The Bertz CT molecular complexity index is 348. The monoisotopic (exact) mass is 242 g/mol. The molecule has 1 aliphatic carbocycles. The minimum absolute atomic E-state index is 0.0733. The summed E-state index contributed by atoms with van der Waals surface area (Å²) in [5, 5.41) is 0. The molecule has 4 nitrogen and oxygen atoms in total. The van der Waals surface area contributed by atoms with Crippen molar-refractivity contribution in [1.29, 1.82) is 0 Å². The van der Waals surface area contributed by atoms with Crippen molar-refractivity contribution < 1.29 is 8.78 Å². The van der Waals surface area contributed by atoms with E-state index in [0.717, 1.165) is 0 Å². The van der Waals surface area contributed by atoms with Crippen LogP contribution in [0.3, 0.4) is 0 Å². The lowest BCUT2D eigenvalue weighted by Gasteiger charge is -2.32. The highest BCUT2D eigenvalue weighted by molar-refractivity contribution is 5.04. The van der Waals surface area contributed by atoms with Gasteiger partial charge in [0, 0.05) is 25.2 Å². The van der Waals surface area contributed by atoms with Gasteiger partial charge in [0.2, 0.25) is 5.92 Å². The molecule has 0 aliphatic heterocycles. The fourth-order valence-corrected chi connectivity index (χ4v) is 2.33. The second kappa shape index (κ2) is 5.01. The molecule has 3 N–H and O–H groups in total. The fourth-order valence-electron chi connectivity index (χ4n) is 2.33. The first-order chi connectivity index (χ1) is 8.12. The van der Waals surface area contributed by atoms with Gasteiger partial charge in [-0.15, -0.1) is 0 Å². The summed E-state index contributed by atoms with van der Waals surface area (Å²) in [7, 11) is 0. The molecule has 17 heavy (non-hydrogen) atoms. The van der Waals surface area contributed by atoms with Crippen LogP contribution >= 0.6 is 0 Å². The van der Waals surface area contributed by atoms with Crippen LogP contribution in [-0.2, 0) is 0 Å². The molecule has 1 saturated carbocycles. The van der Waals surface area contributed by atoms with E-state index in [1.54, 1.807) is 18.6 Å². The zero-order chi connectivity index (χ0) is 12.3. The van der Waals surface area contributed by atoms with Crippen LogP contribution in [0.25, 0.3) is 0 Å². The molecule has 1 atom stereocenters. The molecule has 1 aliphatic rings. The number of hydrogen-bond donors (Lipinski definition) is 2. The van der Waals surface area contributed by atoms with E-state index < -0.39 is 5.92 Å². The van der Waals surface area contributed by atoms with Crippen LogP contribution in [0.15, 0.2) is 18.6 Å². The summed E-state index contributed by atoms with van der Waals surface area (Å²) in [6.07, 6.45) is 5.55. The third-order valence-electron chi connectivity index (χ3n) is 3.31. The molecule has 0 aromatic carbocycles. The van der Waals surface area contributed by atoms with Crippen molar-refractivity contribution in [3.8, 4) is 0 Å². The van der Waals surface area contributed by atoms with Gasteiger partial charge in [-0.1, -0.05) is 0 Å². The van der Waals surface area contributed by atoms with Crippen LogP contribution in [0.4, 0.5) is 8.78 Å². The Morgan fingerprint density at radius 2 is 2.06 bits per heavy atom. The number of hydrazine groups is 1. The summed E-state index contributed by atoms with van der Waals surface area (Å²) in [5.74, 6) is 3.08. The Balaban J connectivity index is 2.05. The quantitative estimate of drug-likeness (QED) is 0.626. The van der Waals surface area contributed by atoms with E-state index in [9.17, 15) is 8.78 Å². The molecule has 0 radical (unpaired) electrons. The molecule has 0 spiro atoms. The standard InChI is InChI=1S/C11H16F2N4/c12-11(13)3-1-8(2-4-11)10(17-14)9-7-15-5-6-16-9/h5-8,10,17H,1-4,14H2. The van der Waals surface area contributed by atoms with Gasteiger partial charge in [0.25, 0.3) is 0 Å². The number of alkyl halides is 2. The Morgan fingerprint density at radius 1 is 1.35 bits per heavy atom. The molecule has 0 bridgehead atoms. The SMILES string of the molecule is NNC(c1cnccn1)C1CCC(F)(F)CC1. The largest absolute Gasteiger partial charge is 0.271 e. The highest BCUT2D eigenvalue weighted by Gasteiger charge is 2.38. The first kappa shape index (κ1) is 12.3. The van der Waals surface area contributed by atoms with Gasteiger partial charge in [0.05, 0.1) is 17.9 Å². The van der Waals surface area contributed by atoms with Gasteiger partial charge in [-0.25, -0.2) is 8.78 Å². The van der Waals surface area contributed by atoms with Crippen LogP contribution in [-0.4, -0.2) is 15.9 Å². The normalized spacial score (nSPS) is 22.3. The maximum atomic E-state index is 13.1. The smallest absolute Gasteiger partial charge is 0.248 e. The summed E-state index contributed by atoms with van der Waals surface area (Å²) in [6, 6.07) is -0.195. The lowest BCUT2D eigenvalue weighted by atomic mass is 9.81. The molecular weight excluding hydrogens is 226 g/mol. The predicted molar refractivity (Wildman–Crippen MR) is 59.0 cm³/mol. The summed E-state index contributed by atoms with van der Waals surface area (Å²) >= 11 is 0. The average molecular weight is 242 g/mol. The third kappa shape index (κ3) is 2.95. The number of nitrogens with two attached hydrogens (primary N) is 1. The van der Waals surface area contributed by atoms with Crippen molar-refractivity contribution in [2.24, 2.45) is 11.8 Å². The Kier molecular flexibility index (Phi) is 3.63. The first-order valence-corrected chi connectivity index (χ1v) is 5.72. The topological polar surface area (TPSA) is 63.8 Å². The number of rotatable bonds is 3. The molecule has 0 amide bonds. The maximum absolute atomic E-state index is 13.1. The second-order valence-electron chi connectivity index (χ2n) is 4.47. The van der Waals surface area contributed by atoms with Crippen LogP contribution in [0.1, 0.15) is 37.4 Å². The van der Waals surface area contributed by atoms with Gasteiger partial charge in [0.15, 0.2) is 0 Å². The second-order valence-corrected chi connectivity index (χ2v) is 4.47. The first-order valence-electron chi connectivity index (χ1n) is 5.72. The zero-order valence-corrected chi connectivity index (χ0v) is 9.44. The van der Waals surface area contributed by atoms with Crippen molar-refractivity contribution in [2.75, 3.05) is 0 Å². The van der Waals surface area contributed by atoms with Crippen molar-refractivity contribution in [3.63, 3.8) is 0 Å². The molecule has 1 aromatic rings. The average Bonchev–Trinajstić information content (AvgIpc) is 2.33. The van der Waals surface area contributed by atoms with E-state index in [-0.39, 0.29) is 24.8 Å². The molecule has 0 saturated heterocycles. The van der Waals surface area contributed by atoms with E-state index in [1.807, 2.05) is 0 Å². The van der Waals surface area contributed by atoms with Crippen molar-refractivity contribution in [1.82, 2.24) is 15.4 Å². The molecular formula is C11H16F2N4. The van der Waals surface area contributed by atoms with Gasteiger partial charge in [-0.05, 0) is 18.8 Å². The number of halogens is 2. The van der Waals surface area contributed by atoms with E-state index in [2.05, 4.69) is 15.4 Å². The van der Waals surface area contributed by atoms with Gasteiger partial charge in [-0.3, -0.25) is 21.2 Å². The zero-order valence-electron chi connectivity index (χ0n) is 9.44. The van der Waals surface area contributed by atoms with Crippen molar-refractivity contribution in [3.05, 3.63) is 24.3 Å². The molecule has 1 aromatic heterocycles. The lowest BCUT2D eigenvalue weighted by Crippen LogP contribution is -2.37. The Morgan fingerprint density at radius 3 is 2.59 bits per heavy atom. The van der Waals surface area contributed by atoms with Crippen LogP contribution in [0.2, 0.25) is 0 Å². The van der Waals surface area contributed by atoms with E-state index in [0.29, 0.717) is 18.5 Å². The molecule has 1 fully saturated rings. The van der Waals surface area contributed by atoms with E-state index in [1.165, 1.54) is 0 Å². The summed E-state index contributed by atoms with van der Waals surface area (Å²) in [6.45, 7) is 0. The van der Waals surface area contributed by atoms with Crippen LogP contribution in [0, 0.1) is 5.92 Å². The van der Waals surface area contributed by atoms with Gasteiger partial charge >= 0.3 is 0 Å². The van der Waals surface area contributed by atoms with Crippen LogP contribution in [0.5, 0.6) is 0 Å². The van der Waals surface area contributed by atoms with Gasteiger partial charge in [0.1, 0.15) is 0 Å². The number of aromatic nitrogens is 2. The summed E-state index contributed by atoms with van der Waals surface area (Å²) < 4.78 is 26.1. The maximum Gasteiger partial charge on any atom is 0.248 e. The predicted octanol–water partition coefficient (Wildman–Crippen LogP) is 1.81. The molecule has 1 heterocycles. The van der Waals surface area contributed by atoms with Crippen LogP contribution < -0.4 is 11.3 Å². The van der Waals surface area contributed by atoms with Crippen molar-refractivity contribution in [2.45, 2.75) is 37.6 Å². The van der Waals surface area contributed by atoms with E-state index in [4.69, 9.17) is 5.84 Å². The Hall–Kier alpha value is -1.14. The minimum atomic E-state index is -2.52. The fraction of sp³-hybridized carbons (Fsp3) is 0.636. The summed E-state index contributed by atoms with van der Waals surface area (Å²) in [5.41, 5.74) is 3.38.